The molecule has 0 spiro atoms. The molecule has 0 radical (unpaired) electrons. The smallest absolute Gasteiger partial charge is 0.220 e. The van der Waals surface area contributed by atoms with Gasteiger partial charge in [0.2, 0.25) is 5.95 Å². The number of imidazole rings is 1. The molecular weight excluding hydrogens is 236 g/mol. The zero-order valence-electron chi connectivity index (χ0n) is 11.9. The Hall–Kier alpha value is -1.71. The molecule has 0 amide bonds. The molecule has 1 aliphatic rings. The molecule has 2 heterocycles. The standard InChI is InChI=1S/C15H22N4/c1-10-6-4-9-13-14(10)17-15(16)19(13)18-11(2)7-5-8-12(18)3/h4,6,9,11-12H,5,7-8H2,1-3H3,(H2,16,17). The molecule has 2 N–H and O–H groups in total. The van der Waals surface area contributed by atoms with Crippen molar-refractivity contribution >= 4 is 17.0 Å². The number of nitrogens with zero attached hydrogens (tertiary/aromatic N) is 3. The van der Waals surface area contributed by atoms with Crippen molar-refractivity contribution in [3.05, 3.63) is 23.8 Å². The van der Waals surface area contributed by atoms with Gasteiger partial charge in [0.25, 0.3) is 0 Å². The van der Waals surface area contributed by atoms with Crippen molar-refractivity contribution in [3.63, 3.8) is 0 Å². The zero-order valence-corrected chi connectivity index (χ0v) is 11.9. The number of para-hydroxylation sites is 1. The van der Waals surface area contributed by atoms with E-state index in [-0.39, 0.29) is 0 Å². The molecule has 19 heavy (non-hydrogen) atoms. The summed E-state index contributed by atoms with van der Waals surface area (Å²) in [5, 5.41) is 2.40. The SMILES string of the molecule is Cc1cccc2c1nc(N)n2N1C(C)CCCC1C. The van der Waals surface area contributed by atoms with E-state index in [1.807, 2.05) is 0 Å². The summed E-state index contributed by atoms with van der Waals surface area (Å²) in [6, 6.07) is 7.28. The maximum atomic E-state index is 6.19. The van der Waals surface area contributed by atoms with Crippen LogP contribution in [0.4, 0.5) is 5.95 Å². The van der Waals surface area contributed by atoms with Crippen LogP contribution in [0.25, 0.3) is 11.0 Å². The molecule has 1 saturated heterocycles. The minimum atomic E-state index is 0.504. The Morgan fingerprint density at radius 3 is 2.58 bits per heavy atom. The lowest BCUT2D eigenvalue weighted by atomic mass is 10.00. The maximum absolute atomic E-state index is 6.19. The molecule has 0 bridgehead atoms. The van der Waals surface area contributed by atoms with E-state index < -0.39 is 0 Å². The van der Waals surface area contributed by atoms with Gasteiger partial charge in [-0.1, -0.05) is 12.1 Å². The minimum absolute atomic E-state index is 0.504. The lowest BCUT2D eigenvalue weighted by Crippen LogP contribution is -2.51. The van der Waals surface area contributed by atoms with Gasteiger partial charge in [-0.2, -0.15) is 0 Å². The molecule has 1 fully saturated rings. The van der Waals surface area contributed by atoms with Gasteiger partial charge in [0.15, 0.2) is 0 Å². The van der Waals surface area contributed by atoms with Gasteiger partial charge in [-0.05, 0) is 51.7 Å². The summed E-state index contributed by atoms with van der Waals surface area (Å²) in [4.78, 5) is 4.56. The highest BCUT2D eigenvalue weighted by molar-refractivity contribution is 5.82. The van der Waals surface area contributed by atoms with E-state index in [0.29, 0.717) is 18.0 Å². The third-order valence-electron chi connectivity index (χ3n) is 4.27. The van der Waals surface area contributed by atoms with Crippen LogP contribution in [0.5, 0.6) is 0 Å². The van der Waals surface area contributed by atoms with Gasteiger partial charge in [-0.15, -0.1) is 0 Å². The fraction of sp³-hybridized carbons (Fsp3) is 0.533. The first-order chi connectivity index (χ1) is 9.09. The molecule has 1 aliphatic heterocycles. The quantitative estimate of drug-likeness (QED) is 0.855. The first-order valence-electron chi connectivity index (χ1n) is 7.11. The first kappa shape index (κ1) is 12.3. The van der Waals surface area contributed by atoms with Gasteiger partial charge < -0.3 is 10.7 Å². The summed E-state index contributed by atoms with van der Waals surface area (Å²) < 4.78 is 2.12. The van der Waals surface area contributed by atoms with Gasteiger partial charge in [0, 0.05) is 12.1 Å². The highest BCUT2D eigenvalue weighted by Crippen LogP contribution is 2.27. The Kier molecular flexibility index (Phi) is 2.88. The molecule has 3 rings (SSSR count). The van der Waals surface area contributed by atoms with Crippen molar-refractivity contribution < 1.29 is 0 Å². The van der Waals surface area contributed by atoms with Crippen LogP contribution in [0.15, 0.2) is 18.2 Å². The fourth-order valence-electron chi connectivity index (χ4n) is 3.29. The number of fused-ring (bicyclic) bond motifs is 1. The Balaban J connectivity index is 2.18. The summed E-state index contributed by atoms with van der Waals surface area (Å²) in [5.74, 6) is 0.602. The van der Waals surface area contributed by atoms with Crippen LogP contribution in [0.1, 0.15) is 38.7 Å². The number of hydrogen-bond donors (Lipinski definition) is 1. The zero-order chi connectivity index (χ0) is 13.6. The topological polar surface area (TPSA) is 47.1 Å². The van der Waals surface area contributed by atoms with E-state index in [4.69, 9.17) is 5.73 Å². The molecule has 102 valence electrons. The number of piperidine rings is 1. The Labute approximate surface area is 114 Å². The third-order valence-corrected chi connectivity index (χ3v) is 4.27. The average molecular weight is 258 g/mol. The molecular formula is C15H22N4. The second-order valence-electron chi connectivity index (χ2n) is 5.73. The van der Waals surface area contributed by atoms with Gasteiger partial charge in [-0.3, -0.25) is 0 Å². The predicted molar refractivity (Wildman–Crippen MR) is 79.9 cm³/mol. The number of benzene rings is 1. The van der Waals surface area contributed by atoms with Crippen LogP contribution in [0.3, 0.4) is 0 Å². The van der Waals surface area contributed by atoms with Gasteiger partial charge >= 0.3 is 0 Å². The number of nitrogens with two attached hydrogens (primary N) is 1. The average Bonchev–Trinajstić information content (AvgIpc) is 2.68. The van der Waals surface area contributed by atoms with E-state index >= 15 is 0 Å². The molecule has 0 aliphatic carbocycles. The fourth-order valence-corrected chi connectivity index (χ4v) is 3.29. The number of hydrogen-bond acceptors (Lipinski definition) is 3. The third kappa shape index (κ3) is 1.86. The second-order valence-corrected chi connectivity index (χ2v) is 5.73. The Morgan fingerprint density at radius 1 is 1.21 bits per heavy atom. The lowest BCUT2D eigenvalue weighted by Gasteiger charge is -2.41. The van der Waals surface area contributed by atoms with Crippen molar-refractivity contribution in [2.75, 3.05) is 10.7 Å². The molecule has 2 aromatic rings. The Bertz CT molecular complexity index is 591. The minimum Gasteiger partial charge on any atom is -0.368 e. The van der Waals surface area contributed by atoms with E-state index in [9.17, 15) is 0 Å². The lowest BCUT2D eigenvalue weighted by molar-refractivity contribution is 0.343. The first-order valence-corrected chi connectivity index (χ1v) is 7.11. The molecule has 1 aromatic heterocycles. The number of aryl methyl sites for hydroxylation is 1. The summed E-state index contributed by atoms with van der Waals surface area (Å²) in [5.41, 5.74) is 9.51. The van der Waals surface area contributed by atoms with Gasteiger partial charge in [0.1, 0.15) is 0 Å². The van der Waals surface area contributed by atoms with Crippen LogP contribution in [-0.4, -0.2) is 21.7 Å². The van der Waals surface area contributed by atoms with E-state index in [0.717, 1.165) is 11.0 Å². The predicted octanol–water partition coefficient (Wildman–Crippen LogP) is 2.83. The van der Waals surface area contributed by atoms with Crippen LogP contribution in [0, 0.1) is 6.92 Å². The van der Waals surface area contributed by atoms with Crippen LogP contribution in [-0.2, 0) is 0 Å². The summed E-state index contributed by atoms with van der Waals surface area (Å²) >= 11 is 0. The highest BCUT2D eigenvalue weighted by Gasteiger charge is 2.27. The molecule has 0 saturated carbocycles. The van der Waals surface area contributed by atoms with Crippen molar-refractivity contribution in [1.82, 2.24) is 9.66 Å². The monoisotopic (exact) mass is 258 g/mol. The van der Waals surface area contributed by atoms with Crippen LogP contribution >= 0.6 is 0 Å². The number of rotatable bonds is 1. The Morgan fingerprint density at radius 2 is 1.89 bits per heavy atom. The number of anilines is 1. The molecule has 2 atom stereocenters. The van der Waals surface area contributed by atoms with E-state index in [2.05, 4.69) is 53.6 Å². The van der Waals surface area contributed by atoms with Crippen molar-refractivity contribution in [1.29, 1.82) is 0 Å². The van der Waals surface area contributed by atoms with E-state index in [1.54, 1.807) is 0 Å². The van der Waals surface area contributed by atoms with Gasteiger partial charge in [-0.25, -0.2) is 9.66 Å². The van der Waals surface area contributed by atoms with E-state index in [1.165, 1.54) is 24.8 Å². The molecule has 4 heteroatoms. The van der Waals surface area contributed by atoms with Crippen molar-refractivity contribution in [2.24, 2.45) is 0 Å². The maximum Gasteiger partial charge on any atom is 0.220 e. The van der Waals surface area contributed by atoms with Crippen molar-refractivity contribution in [2.45, 2.75) is 52.1 Å². The summed E-state index contributed by atoms with van der Waals surface area (Å²) in [6.45, 7) is 6.63. The highest BCUT2D eigenvalue weighted by atomic mass is 15.6. The number of nitrogen functional groups attached to an aromatic ring is 1. The van der Waals surface area contributed by atoms with Gasteiger partial charge in [0.05, 0.1) is 11.0 Å². The molecule has 4 nitrogen and oxygen atoms in total. The second kappa shape index (κ2) is 4.44. The molecule has 2 unspecified atom stereocenters. The largest absolute Gasteiger partial charge is 0.368 e. The molecule has 1 aromatic carbocycles. The van der Waals surface area contributed by atoms with Crippen molar-refractivity contribution in [3.8, 4) is 0 Å². The number of aromatic nitrogens is 2. The summed E-state index contributed by atoms with van der Waals surface area (Å²) in [6.07, 6.45) is 3.73. The normalized spacial score (nSPS) is 24.1. The summed E-state index contributed by atoms with van der Waals surface area (Å²) in [7, 11) is 0. The van der Waals surface area contributed by atoms with Crippen LogP contribution < -0.4 is 10.7 Å². The van der Waals surface area contributed by atoms with Crippen LogP contribution in [0.2, 0.25) is 0 Å².